The SMILES string of the molecule is Cc1ccc(Nc2cc(-c3cccc(OC(F)(F)F)c3)nc(NC3CCCC3)n2)cc1. The van der Waals surface area contributed by atoms with Crippen molar-refractivity contribution in [3.63, 3.8) is 0 Å². The Morgan fingerprint density at radius 1 is 0.968 bits per heavy atom. The first-order valence-electron chi connectivity index (χ1n) is 10.2. The zero-order valence-electron chi connectivity index (χ0n) is 17.0. The van der Waals surface area contributed by atoms with Gasteiger partial charge in [-0.3, -0.25) is 0 Å². The molecule has 2 N–H and O–H groups in total. The third-order valence-electron chi connectivity index (χ3n) is 5.10. The quantitative estimate of drug-likeness (QED) is 0.473. The van der Waals surface area contributed by atoms with Gasteiger partial charge < -0.3 is 15.4 Å². The highest BCUT2D eigenvalue weighted by Gasteiger charge is 2.31. The highest BCUT2D eigenvalue weighted by atomic mass is 19.4. The molecule has 3 aromatic rings. The molecule has 1 fully saturated rings. The molecule has 1 saturated carbocycles. The largest absolute Gasteiger partial charge is 0.573 e. The van der Waals surface area contributed by atoms with Gasteiger partial charge in [-0.25, -0.2) is 4.98 Å². The van der Waals surface area contributed by atoms with Crippen molar-refractivity contribution >= 4 is 17.5 Å². The normalized spacial score (nSPS) is 14.5. The molecule has 8 heteroatoms. The third kappa shape index (κ3) is 5.87. The Labute approximate surface area is 178 Å². The molecule has 0 aliphatic heterocycles. The van der Waals surface area contributed by atoms with Gasteiger partial charge in [0.25, 0.3) is 0 Å². The monoisotopic (exact) mass is 428 g/mol. The van der Waals surface area contributed by atoms with Crippen molar-refractivity contribution in [2.45, 2.75) is 45.0 Å². The zero-order chi connectivity index (χ0) is 21.8. The van der Waals surface area contributed by atoms with E-state index >= 15 is 0 Å². The summed E-state index contributed by atoms with van der Waals surface area (Å²) in [6.45, 7) is 2.01. The first-order chi connectivity index (χ1) is 14.8. The molecule has 1 aliphatic rings. The average molecular weight is 428 g/mol. The van der Waals surface area contributed by atoms with Crippen LogP contribution in [0.2, 0.25) is 0 Å². The van der Waals surface area contributed by atoms with E-state index in [-0.39, 0.29) is 5.75 Å². The van der Waals surface area contributed by atoms with E-state index in [1.165, 1.54) is 18.2 Å². The van der Waals surface area contributed by atoms with Crippen molar-refractivity contribution in [2.24, 2.45) is 0 Å². The second-order valence-corrected chi connectivity index (χ2v) is 7.65. The van der Waals surface area contributed by atoms with Crippen LogP contribution in [0.15, 0.2) is 54.6 Å². The number of benzene rings is 2. The Kier molecular flexibility index (Phi) is 5.97. The van der Waals surface area contributed by atoms with Gasteiger partial charge in [0.1, 0.15) is 11.6 Å². The number of halogens is 3. The van der Waals surface area contributed by atoms with E-state index in [9.17, 15) is 13.2 Å². The lowest BCUT2D eigenvalue weighted by Crippen LogP contribution is -2.17. The van der Waals surface area contributed by atoms with E-state index in [0.717, 1.165) is 36.9 Å². The van der Waals surface area contributed by atoms with Crippen LogP contribution >= 0.6 is 0 Å². The predicted molar refractivity (Wildman–Crippen MR) is 114 cm³/mol. The number of rotatable bonds is 6. The summed E-state index contributed by atoms with van der Waals surface area (Å²) in [5, 5.41) is 6.62. The van der Waals surface area contributed by atoms with Gasteiger partial charge in [0, 0.05) is 23.4 Å². The van der Waals surface area contributed by atoms with Gasteiger partial charge in [-0.05, 0) is 44.0 Å². The van der Waals surface area contributed by atoms with Crippen LogP contribution in [0.5, 0.6) is 5.75 Å². The maximum absolute atomic E-state index is 12.6. The first-order valence-corrected chi connectivity index (χ1v) is 10.2. The molecule has 31 heavy (non-hydrogen) atoms. The Bertz CT molecular complexity index is 1030. The number of ether oxygens (including phenoxy) is 1. The molecule has 1 heterocycles. The molecule has 0 radical (unpaired) electrons. The van der Waals surface area contributed by atoms with E-state index in [4.69, 9.17) is 0 Å². The minimum absolute atomic E-state index is 0.290. The lowest BCUT2D eigenvalue weighted by atomic mass is 10.1. The van der Waals surface area contributed by atoms with Gasteiger partial charge in [-0.2, -0.15) is 4.98 Å². The fraction of sp³-hybridized carbons (Fsp3) is 0.304. The van der Waals surface area contributed by atoms with Crippen LogP contribution in [0.3, 0.4) is 0 Å². The Balaban J connectivity index is 1.67. The van der Waals surface area contributed by atoms with Gasteiger partial charge in [0.05, 0.1) is 5.69 Å². The van der Waals surface area contributed by atoms with Crippen molar-refractivity contribution in [2.75, 3.05) is 10.6 Å². The number of anilines is 3. The standard InChI is InChI=1S/C23H23F3N4O/c1-15-9-11-18(12-10-15)27-21-14-20(29-22(30-21)28-17-6-2-3-7-17)16-5-4-8-19(13-16)31-23(24,25)26/h4-5,8-14,17H,2-3,6-7H2,1H3,(H2,27,28,29,30). The molecule has 0 spiro atoms. The molecule has 1 aromatic heterocycles. The molecule has 5 nitrogen and oxygen atoms in total. The average Bonchev–Trinajstić information content (AvgIpc) is 3.21. The summed E-state index contributed by atoms with van der Waals surface area (Å²) in [7, 11) is 0. The summed E-state index contributed by atoms with van der Waals surface area (Å²) in [5.74, 6) is 0.708. The topological polar surface area (TPSA) is 59.1 Å². The molecule has 0 amide bonds. The number of alkyl halides is 3. The molecule has 0 saturated heterocycles. The molecule has 0 unspecified atom stereocenters. The van der Waals surface area contributed by atoms with E-state index in [2.05, 4.69) is 25.3 Å². The summed E-state index contributed by atoms with van der Waals surface area (Å²) in [5.41, 5.74) is 3.00. The maximum Gasteiger partial charge on any atom is 0.573 e. The van der Waals surface area contributed by atoms with Gasteiger partial charge in [0.2, 0.25) is 5.95 Å². The molecule has 0 bridgehead atoms. The van der Waals surface area contributed by atoms with Gasteiger partial charge >= 0.3 is 6.36 Å². The van der Waals surface area contributed by atoms with Crippen molar-refractivity contribution in [1.29, 1.82) is 0 Å². The van der Waals surface area contributed by atoms with E-state index in [0.29, 0.717) is 29.1 Å². The Morgan fingerprint density at radius 2 is 1.71 bits per heavy atom. The number of hydrogen-bond donors (Lipinski definition) is 2. The summed E-state index contributed by atoms with van der Waals surface area (Å²) in [4.78, 5) is 9.14. The fourth-order valence-electron chi connectivity index (χ4n) is 3.61. The van der Waals surface area contributed by atoms with Crippen LogP contribution < -0.4 is 15.4 Å². The fourth-order valence-corrected chi connectivity index (χ4v) is 3.61. The number of hydrogen-bond acceptors (Lipinski definition) is 5. The van der Waals surface area contributed by atoms with Crippen molar-refractivity contribution in [1.82, 2.24) is 9.97 Å². The molecule has 4 rings (SSSR count). The van der Waals surface area contributed by atoms with E-state index in [1.54, 1.807) is 12.1 Å². The van der Waals surface area contributed by atoms with E-state index < -0.39 is 6.36 Å². The summed E-state index contributed by atoms with van der Waals surface area (Å²) >= 11 is 0. The van der Waals surface area contributed by atoms with Crippen LogP contribution in [0, 0.1) is 6.92 Å². The minimum Gasteiger partial charge on any atom is -0.406 e. The van der Waals surface area contributed by atoms with Crippen molar-refractivity contribution in [3.8, 4) is 17.0 Å². The minimum atomic E-state index is -4.75. The molecular formula is C23H23F3N4O. The van der Waals surface area contributed by atoms with Crippen LogP contribution in [0.4, 0.5) is 30.6 Å². The Morgan fingerprint density at radius 3 is 2.42 bits per heavy atom. The second-order valence-electron chi connectivity index (χ2n) is 7.65. The van der Waals surface area contributed by atoms with Crippen molar-refractivity contribution < 1.29 is 17.9 Å². The summed E-state index contributed by atoms with van der Waals surface area (Å²) in [6.07, 6.45) is -0.352. The smallest absolute Gasteiger partial charge is 0.406 e. The maximum atomic E-state index is 12.6. The second kappa shape index (κ2) is 8.83. The lowest BCUT2D eigenvalue weighted by molar-refractivity contribution is -0.274. The van der Waals surface area contributed by atoms with Crippen LogP contribution in [-0.2, 0) is 0 Å². The molecule has 162 valence electrons. The highest BCUT2D eigenvalue weighted by Crippen LogP contribution is 2.30. The molecule has 1 aliphatic carbocycles. The van der Waals surface area contributed by atoms with Crippen molar-refractivity contribution in [3.05, 3.63) is 60.2 Å². The Hall–Kier alpha value is -3.29. The summed E-state index contributed by atoms with van der Waals surface area (Å²) in [6, 6.07) is 15.7. The summed E-state index contributed by atoms with van der Waals surface area (Å²) < 4.78 is 42.0. The van der Waals surface area contributed by atoms with Crippen LogP contribution in [0.25, 0.3) is 11.3 Å². The number of nitrogens with one attached hydrogen (secondary N) is 2. The van der Waals surface area contributed by atoms with Crippen LogP contribution in [0.1, 0.15) is 31.2 Å². The van der Waals surface area contributed by atoms with Gasteiger partial charge in [0.15, 0.2) is 0 Å². The van der Waals surface area contributed by atoms with E-state index in [1.807, 2.05) is 31.2 Å². The zero-order valence-corrected chi connectivity index (χ0v) is 17.0. The molecule has 2 aromatic carbocycles. The number of nitrogens with zero attached hydrogens (tertiary/aromatic N) is 2. The highest BCUT2D eigenvalue weighted by molar-refractivity contribution is 5.68. The molecule has 0 atom stereocenters. The predicted octanol–water partition coefficient (Wildman–Crippen LogP) is 6.45. The third-order valence-corrected chi connectivity index (χ3v) is 5.10. The van der Waals surface area contributed by atoms with Gasteiger partial charge in [-0.1, -0.05) is 42.7 Å². The molecular weight excluding hydrogens is 405 g/mol. The first kappa shape index (κ1) is 21.0. The lowest BCUT2D eigenvalue weighted by Gasteiger charge is -2.15. The number of aryl methyl sites for hydroxylation is 1. The van der Waals surface area contributed by atoms with Crippen LogP contribution in [-0.4, -0.2) is 22.4 Å². The van der Waals surface area contributed by atoms with Gasteiger partial charge in [-0.15, -0.1) is 13.2 Å². The number of aromatic nitrogens is 2.